The van der Waals surface area contributed by atoms with Crippen LogP contribution in [0.4, 0.5) is 5.69 Å². The van der Waals surface area contributed by atoms with Crippen LogP contribution in [0.3, 0.4) is 0 Å². The molecule has 9 heteroatoms. The van der Waals surface area contributed by atoms with Gasteiger partial charge in [0.25, 0.3) is 5.69 Å². The molecule has 0 aliphatic carbocycles. The van der Waals surface area contributed by atoms with Gasteiger partial charge in [-0.05, 0) is 13.0 Å². The molecule has 0 bridgehead atoms. The van der Waals surface area contributed by atoms with Crippen molar-refractivity contribution in [1.29, 1.82) is 0 Å². The molecular formula is C10H14N2O6S. The second-order valence-electron chi connectivity index (χ2n) is 4.24. The molecule has 0 heterocycles. The summed E-state index contributed by atoms with van der Waals surface area (Å²) in [6.07, 6.45) is 0. The average molecular weight is 290 g/mol. The molecule has 1 rings (SSSR count). The van der Waals surface area contributed by atoms with Crippen molar-refractivity contribution in [2.24, 2.45) is 0 Å². The molecule has 0 amide bonds. The van der Waals surface area contributed by atoms with Gasteiger partial charge in [0.15, 0.2) is 0 Å². The number of aliphatic hydroxyl groups excluding tert-OH is 2. The van der Waals surface area contributed by atoms with Crippen molar-refractivity contribution in [2.75, 3.05) is 13.2 Å². The Morgan fingerprint density at radius 3 is 2.42 bits per heavy atom. The van der Waals surface area contributed by atoms with Crippen molar-refractivity contribution in [3.63, 3.8) is 0 Å². The summed E-state index contributed by atoms with van der Waals surface area (Å²) < 4.78 is 26.1. The Kier molecular flexibility index (Phi) is 4.58. The van der Waals surface area contributed by atoms with Gasteiger partial charge in [0.05, 0.1) is 28.6 Å². The lowest BCUT2D eigenvalue weighted by Gasteiger charge is -2.25. The van der Waals surface area contributed by atoms with Crippen LogP contribution in [0.25, 0.3) is 0 Å². The number of nitro benzene ring substituents is 1. The highest BCUT2D eigenvalue weighted by Crippen LogP contribution is 2.18. The number of nitrogens with zero attached hydrogens (tertiary/aromatic N) is 1. The third kappa shape index (κ3) is 3.70. The first-order valence-electron chi connectivity index (χ1n) is 5.24. The Labute approximate surface area is 109 Å². The SMILES string of the molecule is CC(CO)(CO)NS(=O)(=O)c1cccc([N+](=O)[O-])c1. The second kappa shape index (κ2) is 5.61. The Bertz CT molecular complexity index is 567. The van der Waals surface area contributed by atoms with Gasteiger partial charge in [-0.3, -0.25) is 10.1 Å². The molecule has 0 fully saturated rings. The van der Waals surface area contributed by atoms with E-state index in [0.29, 0.717) is 0 Å². The fourth-order valence-corrected chi connectivity index (χ4v) is 2.69. The number of nitro groups is 1. The van der Waals surface area contributed by atoms with Gasteiger partial charge in [-0.1, -0.05) is 6.07 Å². The zero-order chi connectivity index (χ0) is 14.7. The molecule has 0 aromatic heterocycles. The zero-order valence-corrected chi connectivity index (χ0v) is 10.9. The van der Waals surface area contributed by atoms with E-state index in [9.17, 15) is 18.5 Å². The topological polar surface area (TPSA) is 130 Å². The Morgan fingerprint density at radius 2 is 1.95 bits per heavy atom. The smallest absolute Gasteiger partial charge is 0.270 e. The summed E-state index contributed by atoms with van der Waals surface area (Å²) >= 11 is 0. The van der Waals surface area contributed by atoms with E-state index >= 15 is 0 Å². The molecule has 0 radical (unpaired) electrons. The van der Waals surface area contributed by atoms with Crippen molar-refractivity contribution in [2.45, 2.75) is 17.4 Å². The van der Waals surface area contributed by atoms with E-state index in [1.807, 2.05) is 0 Å². The lowest BCUT2D eigenvalue weighted by molar-refractivity contribution is -0.385. The summed E-state index contributed by atoms with van der Waals surface area (Å²) in [6.45, 7) is 0.0806. The van der Waals surface area contributed by atoms with Crippen molar-refractivity contribution < 1.29 is 23.6 Å². The fraction of sp³-hybridized carbons (Fsp3) is 0.400. The normalized spacial score (nSPS) is 12.4. The van der Waals surface area contributed by atoms with Gasteiger partial charge in [0.2, 0.25) is 10.0 Å². The van der Waals surface area contributed by atoms with Crippen LogP contribution in [-0.4, -0.2) is 42.3 Å². The Hall–Kier alpha value is -1.55. The van der Waals surface area contributed by atoms with E-state index in [4.69, 9.17) is 10.2 Å². The summed E-state index contributed by atoms with van der Waals surface area (Å²) in [7, 11) is -4.07. The van der Waals surface area contributed by atoms with Gasteiger partial charge in [-0.25, -0.2) is 13.1 Å². The van der Waals surface area contributed by atoms with Crippen LogP contribution >= 0.6 is 0 Å². The molecule has 8 nitrogen and oxygen atoms in total. The molecule has 1 aromatic rings. The number of rotatable bonds is 6. The van der Waals surface area contributed by atoms with E-state index in [0.717, 1.165) is 12.1 Å². The first-order chi connectivity index (χ1) is 8.74. The Morgan fingerprint density at radius 1 is 1.37 bits per heavy atom. The standard InChI is InChI=1S/C10H14N2O6S/c1-10(6-13,7-14)11-19(17,18)9-4-2-3-8(5-9)12(15)16/h2-5,11,13-14H,6-7H2,1H3. The number of sulfonamides is 1. The fourth-order valence-electron chi connectivity index (χ4n) is 1.26. The molecule has 0 aliphatic heterocycles. The maximum atomic E-state index is 12.0. The van der Waals surface area contributed by atoms with E-state index in [-0.39, 0.29) is 10.6 Å². The van der Waals surface area contributed by atoms with E-state index < -0.39 is 33.7 Å². The minimum absolute atomic E-state index is 0.310. The zero-order valence-electron chi connectivity index (χ0n) is 10.1. The van der Waals surface area contributed by atoms with Gasteiger partial charge < -0.3 is 10.2 Å². The highest BCUT2D eigenvalue weighted by Gasteiger charge is 2.30. The second-order valence-corrected chi connectivity index (χ2v) is 5.92. The molecule has 19 heavy (non-hydrogen) atoms. The van der Waals surface area contributed by atoms with Crippen LogP contribution in [-0.2, 0) is 10.0 Å². The first kappa shape index (κ1) is 15.5. The summed E-state index contributed by atoms with van der Waals surface area (Å²) in [4.78, 5) is 9.57. The van der Waals surface area contributed by atoms with Gasteiger partial charge in [-0.15, -0.1) is 0 Å². The van der Waals surface area contributed by atoms with E-state index in [2.05, 4.69) is 4.72 Å². The summed E-state index contributed by atoms with van der Waals surface area (Å²) in [5, 5.41) is 28.7. The molecule has 0 aliphatic rings. The van der Waals surface area contributed by atoms with Crippen LogP contribution in [0.2, 0.25) is 0 Å². The van der Waals surface area contributed by atoms with E-state index in [1.165, 1.54) is 19.1 Å². The molecule has 0 spiro atoms. The molecule has 3 N–H and O–H groups in total. The van der Waals surface area contributed by atoms with E-state index in [1.54, 1.807) is 0 Å². The van der Waals surface area contributed by atoms with Crippen molar-refractivity contribution >= 4 is 15.7 Å². The van der Waals surface area contributed by atoms with Crippen LogP contribution in [0.5, 0.6) is 0 Å². The predicted molar refractivity (Wildman–Crippen MR) is 66.0 cm³/mol. The number of hydrogen-bond donors (Lipinski definition) is 3. The first-order valence-corrected chi connectivity index (χ1v) is 6.72. The molecular weight excluding hydrogens is 276 g/mol. The quantitative estimate of drug-likeness (QED) is 0.483. The molecule has 0 saturated carbocycles. The third-order valence-corrected chi connectivity index (χ3v) is 4.05. The largest absolute Gasteiger partial charge is 0.394 e. The molecule has 0 unspecified atom stereocenters. The molecule has 1 aromatic carbocycles. The van der Waals surface area contributed by atoms with Gasteiger partial charge in [0, 0.05) is 12.1 Å². The lowest BCUT2D eigenvalue weighted by atomic mass is 10.1. The Balaban J connectivity index is 3.14. The highest BCUT2D eigenvalue weighted by atomic mass is 32.2. The number of benzene rings is 1. The molecule has 106 valence electrons. The van der Waals surface area contributed by atoms with Crippen molar-refractivity contribution in [3.05, 3.63) is 34.4 Å². The minimum Gasteiger partial charge on any atom is -0.394 e. The summed E-state index contributed by atoms with van der Waals surface area (Å²) in [5.41, 5.74) is -1.80. The maximum Gasteiger partial charge on any atom is 0.270 e. The monoisotopic (exact) mass is 290 g/mol. The lowest BCUT2D eigenvalue weighted by Crippen LogP contribution is -2.51. The van der Waals surface area contributed by atoms with Crippen molar-refractivity contribution in [1.82, 2.24) is 4.72 Å². The van der Waals surface area contributed by atoms with Crippen LogP contribution < -0.4 is 4.72 Å². The number of hydrogen-bond acceptors (Lipinski definition) is 6. The van der Waals surface area contributed by atoms with Crippen LogP contribution in [0.1, 0.15) is 6.92 Å². The number of non-ortho nitro benzene ring substituents is 1. The minimum atomic E-state index is -4.07. The predicted octanol–water partition coefficient (Wildman–Crippen LogP) is -0.384. The molecule has 0 atom stereocenters. The van der Waals surface area contributed by atoms with Crippen LogP contribution in [0, 0.1) is 10.1 Å². The third-order valence-electron chi connectivity index (χ3n) is 2.42. The van der Waals surface area contributed by atoms with Crippen molar-refractivity contribution in [3.8, 4) is 0 Å². The maximum absolute atomic E-state index is 12.0. The highest BCUT2D eigenvalue weighted by molar-refractivity contribution is 7.89. The number of aliphatic hydroxyl groups is 2. The molecule has 0 saturated heterocycles. The average Bonchev–Trinajstić information content (AvgIpc) is 2.38. The van der Waals surface area contributed by atoms with Gasteiger partial charge >= 0.3 is 0 Å². The van der Waals surface area contributed by atoms with Gasteiger partial charge in [0.1, 0.15) is 0 Å². The van der Waals surface area contributed by atoms with Crippen LogP contribution in [0.15, 0.2) is 29.2 Å². The van der Waals surface area contributed by atoms with Gasteiger partial charge in [-0.2, -0.15) is 0 Å². The summed E-state index contributed by atoms with van der Waals surface area (Å²) in [6, 6.07) is 4.49. The number of nitrogens with one attached hydrogen (secondary N) is 1. The summed E-state index contributed by atoms with van der Waals surface area (Å²) in [5.74, 6) is 0.